The molecule has 1 aliphatic rings. The van der Waals surface area contributed by atoms with E-state index in [4.69, 9.17) is 10.5 Å². The van der Waals surface area contributed by atoms with Gasteiger partial charge in [-0.1, -0.05) is 30.0 Å². The molecular weight excluding hydrogens is 251 g/mol. The summed E-state index contributed by atoms with van der Waals surface area (Å²) in [5, 5.41) is 0. The molecule has 3 unspecified atom stereocenters. The van der Waals surface area contributed by atoms with Crippen LogP contribution in [0.5, 0.6) is 0 Å². The van der Waals surface area contributed by atoms with Crippen LogP contribution in [-0.4, -0.2) is 41.8 Å². The molecule has 1 rings (SSSR count). The van der Waals surface area contributed by atoms with E-state index in [1.54, 1.807) is 4.90 Å². The van der Waals surface area contributed by atoms with Crippen molar-refractivity contribution in [3.63, 3.8) is 0 Å². The van der Waals surface area contributed by atoms with Crippen LogP contribution in [0.2, 0.25) is 0 Å². The minimum atomic E-state index is -0.595. The highest BCUT2D eigenvalue weighted by molar-refractivity contribution is 7.16. The van der Waals surface area contributed by atoms with Crippen molar-refractivity contribution in [2.24, 2.45) is 11.1 Å². The third-order valence-electron chi connectivity index (χ3n) is 3.23. The molecule has 0 aromatic heterocycles. The van der Waals surface area contributed by atoms with Crippen LogP contribution in [0, 0.1) is 5.41 Å². The lowest BCUT2D eigenvalue weighted by molar-refractivity contribution is -0.152. The minimum Gasteiger partial charge on any atom is -0.460 e. The van der Waals surface area contributed by atoms with E-state index in [1.807, 2.05) is 20.8 Å². The third kappa shape index (κ3) is 3.42. The Kier molecular flexibility index (Phi) is 5.11. The first kappa shape index (κ1) is 15.4. The number of carbonyl (C=O) groups excluding carboxylic acids is 2. The van der Waals surface area contributed by atoms with Crippen molar-refractivity contribution in [2.75, 3.05) is 12.9 Å². The molecule has 2 N–H and O–H groups in total. The maximum Gasteiger partial charge on any atom is 0.329 e. The lowest BCUT2D eigenvalue weighted by atomic mass is 9.86. The lowest BCUT2D eigenvalue weighted by Crippen LogP contribution is -2.53. The Morgan fingerprint density at radius 1 is 1.50 bits per heavy atom. The number of hydrogen-bond acceptors (Lipinski definition) is 4. The molecule has 1 heterocycles. The summed E-state index contributed by atoms with van der Waals surface area (Å²) in [7, 11) is 2.33. The predicted octanol–water partition coefficient (Wildman–Crippen LogP) is 0.727. The monoisotopic (exact) mass is 274 g/mol. The third-order valence-corrected chi connectivity index (χ3v) is 3.40. The molecule has 0 aromatic rings. The maximum absolute atomic E-state index is 12.3. The van der Waals surface area contributed by atoms with Gasteiger partial charge in [0.1, 0.15) is 12.4 Å². The van der Waals surface area contributed by atoms with E-state index in [-0.39, 0.29) is 23.6 Å². The maximum atomic E-state index is 12.3. The molecule has 1 saturated heterocycles. The molecule has 0 spiro atoms. The van der Waals surface area contributed by atoms with Crippen LogP contribution < -0.4 is 5.73 Å². The first-order valence-electron chi connectivity index (χ1n) is 6.21. The van der Waals surface area contributed by atoms with Gasteiger partial charge in [0, 0.05) is 6.54 Å². The van der Waals surface area contributed by atoms with E-state index in [2.05, 4.69) is 9.24 Å². The normalized spacial score (nSPS) is 21.8. The van der Waals surface area contributed by atoms with Crippen molar-refractivity contribution in [1.82, 2.24) is 4.90 Å². The van der Waals surface area contributed by atoms with E-state index in [1.165, 1.54) is 0 Å². The molecule has 18 heavy (non-hydrogen) atoms. The number of likely N-dealkylation sites (tertiary alicyclic amines) is 1. The molecular formula is C12H23N2O3P. The Balaban J connectivity index is 2.75. The highest BCUT2D eigenvalue weighted by Gasteiger charge is 2.39. The van der Waals surface area contributed by atoms with Crippen molar-refractivity contribution in [2.45, 2.75) is 45.7 Å². The fourth-order valence-electron chi connectivity index (χ4n) is 2.00. The second-order valence-corrected chi connectivity index (χ2v) is 6.00. The second-order valence-electron chi connectivity index (χ2n) is 5.66. The summed E-state index contributed by atoms with van der Waals surface area (Å²) in [6.45, 7) is 6.34. The van der Waals surface area contributed by atoms with Crippen LogP contribution in [0.4, 0.5) is 0 Å². The number of amides is 1. The first-order chi connectivity index (χ1) is 8.29. The molecule has 0 saturated carbocycles. The average molecular weight is 274 g/mol. The fraction of sp³-hybridized carbons (Fsp3) is 0.833. The summed E-state index contributed by atoms with van der Waals surface area (Å²) in [4.78, 5) is 25.6. The molecule has 0 radical (unpaired) electrons. The van der Waals surface area contributed by atoms with Gasteiger partial charge in [-0.25, -0.2) is 4.79 Å². The smallest absolute Gasteiger partial charge is 0.329 e. The van der Waals surface area contributed by atoms with E-state index in [0.717, 1.165) is 6.42 Å². The van der Waals surface area contributed by atoms with Gasteiger partial charge < -0.3 is 15.4 Å². The highest BCUT2D eigenvalue weighted by Crippen LogP contribution is 2.24. The van der Waals surface area contributed by atoms with Crippen LogP contribution in [0.25, 0.3) is 0 Å². The Labute approximate surface area is 111 Å². The van der Waals surface area contributed by atoms with Crippen molar-refractivity contribution >= 4 is 21.1 Å². The zero-order valence-electron chi connectivity index (χ0n) is 11.3. The van der Waals surface area contributed by atoms with Crippen LogP contribution in [-0.2, 0) is 14.3 Å². The summed E-state index contributed by atoms with van der Waals surface area (Å²) in [5.74, 6) is -0.498. The van der Waals surface area contributed by atoms with Gasteiger partial charge in [-0.05, 0) is 18.3 Å². The van der Waals surface area contributed by atoms with Gasteiger partial charge in [0.05, 0.1) is 6.04 Å². The molecule has 0 aromatic carbocycles. The molecule has 1 aliphatic heterocycles. The average Bonchev–Trinajstić information content (AvgIpc) is 2.75. The molecule has 104 valence electrons. The molecule has 3 atom stereocenters. The van der Waals surface area contributed by atoms with Crippen molar-refractivity contribution in [1.29, 1.82) is 0 Å². The molecule has 1 amide bonds. The van der Waals surface area contributed by atoms with Crippen LogP contribution >= 0.6 is 9.24 Å². The topological polar surface area (TPSA) is 72.6 Å². The first-order valence-corrected chi connectivity index (χ1v) is 7.03. The number of nitrogens with zero attached hydrogens (tertiary/aromatic N) is 1. The summed E-state index contributed by atoms with van der Waals surface area (Å²) >= 11 is 0. The number of hydrogen-bond donors (Lipinski definition) is 1. The van der Waals surface area contributed by atoms with E-state index in [0.29, 0.717) is 13.0 Å². The number of rotatable bonds is 3. The zero-order chi connectivity index (χ0) is 13.9. The predicted molar refractivity (Wildman–Crippen MR) is 72.8 cm³/mol. The molecule has 5 nitrogen and oxygen atoms in total. The van der Waals surface area contributed by atoms with E-state index >= 15 is 0 Å². The van der Waals surface area contributed by atoms with Gasteiger partial charge in [0.25, 0.3) is 0 Å². The van der Waals surface area contributed by atoms with Gasteiger partial charge in [-0.3, -0.25) is 4.79 Å². The van der Waals surface area contributed by atoms with Gasteiger partial charge in [0.2, 0.25) is 5.91 Å². The Morgan fingerprint density at radius 2 is 2.11 bits per heavy atom. The summed E-state index contributed by atoms with van der Waals surface area (Å²) in [6.07, 6.45) is 1.73. The minimum absolute atomic E-state index is 0.161. The molecule has 0 aliphatic carbocycles. The molecule has 1 fully saturated rings. The number of ether oxygens (including phenoxy) is 1. The lowest BCUT2D eigenvalue weighted by Gasteiger charge is -2.32. The number of carbonyl (C=O) groups is 2. The largest absolute Gasteiger partial charge is 0.460 e. The SMILES string of the molecule is CC(C)(C)C(N)C(=O)N1CCCC1C(=O)OCP. The second kappa shape index (κ2) is 5.98. The van der Waals surface area contributed by atoms with Gasteiger partial charge in [-0.15, -0.1) is 0 Å². The number of nitrogens with two attached hydrogens (primary N) is 1. The van der Waals surface area contributed by atoms with E-state index in [9.17, 15) is 9.59 Å². The van der Waals surface area contributed by atoms with Gasteiger partial charge in [-0.2, -0.15) is 0 Å². The zero-order valence-corrected chi connectivity index (χ0v) is 12.5. The van der Waals surface area contributed by atoms with Crippen LogP contribution in [0.3, 0.4) is 0 Å². The van der Waals surface area contributed by atoms with Crippen LogP contribution in [0.15, 0.2) is 0 Å². The number of esters is 1. The standard InChI is InChI=1S/C12H23N2O3P/c1-12(2,3)9(13)10(15)14-6-4-5-8(14)11(16)17-7-18/h8-9H,4-7,13,18H2,1-3H3. The summed E-state index contributed by atoms with van der Waals surface area (Å²) < 4.78 is 4.96. The van der Waals surface area contributed by atoms with Crippen molar-refractivity contribution < 1.29 is 14.3 Å². The molecule has 6 heteroatoms. The van der Waals surface area contributed by atoms with Crippen molar-refractivity contribution in [3.05, 3.63) is 0 Å². The Hall–Kier alpha value is -0.670. The fourth-order valence-corrected chi connectivity index (χ4v) is 2.17. The summed E-state index contributed by atoms with van der Waals surface area (Å²) in [6, 6.07) is -1.06. The van der Waals surface area contributed by atoms with Gasteiger partial charge >= 0.3 is 5.97 Å². The van der Waals surface area contributed by atoms with Crippen molar-refractivity contribution in [3.8, 4) is 0 Å². The Morgan fingerprint density at radius 3 is 2.61 bits per heavy atom. The van der Waals surface area contributed by atoms with Gasteiger partial charge in [0.15, 0.2) is 0 Å². The quantitative estimate of drug-likeness (QED) is 0.608. The van der Waals surface area contributed by atoms with E-state index < -0.39 is 12.1 Å². The highest BCUT2D eigenvalue weighted by atomic mass is 31.0. The Bertz CT molecular complexity index is 328. The summed E-state index contributed by atoms with van der Waals surface area (Å²) in [5.41, 5.74) is 5.65. The molecule has 0 bridgehead atoms. The van der Waals surface area contributed by atoms with Crippen LogP contribution in [0.1, 0.15) is 33.6 Å².